The zero-order valence-electron chi connectivity index (χ0n) is 13.6. The van der Waals surface area contributed by atoms with E-state index >= 15 is 0 Å². The molecule has 3 nitrogen and oxygen atoms in total. The predicted molar refractivity (Wildman–Crippen MR) is 83.1 cm³/mol. The van der Waals surface area contributed by atoms with Gasteiger partial charge >= 0.3 is 0 Å². The summed E-state index contributed by atoms with van der Waals surface area (Å²) in [6, 6.07) is 0. The normalized spacial score (nSPS) is 51.0. The van der Waals surface area contributed by atoms with Crippen LogP contribution in [0.5, 0.6) is 0 Å². The van der Waals surface area contributed by atoms with Gasteiger partial charge in [-0.3, -0.25) is 9.59 Å². The van der Waals surface area contributed by atoms with Gasteiger partial charge in [0, 0.05) is 18.3 Å². The maximum atomic E-state index is 12.4. The molecule has 4 aliphatic rings. The number of aliphatic hydroxyl groups excluding tert-OH is 1. The van der Waals surface area contributed by atoms with Crippen LogP contribution in [0.25, 0.3) is 0 Å². The zero-order valence-corrected chi connectivity index (χ0v) is 13.6. The molecule has 22 heavy (non-hydrogen) atoms. The number of carbonyl (C=O) groups excluding carboxylic acids is 2. The maximum Gasteiger partial charge on any atom is 0.155 e. The Hall–Kier alpha value is -0.960. The second-order valence-corrected chi connectivity index (χ2v) is 8.54. The Labute approximate surface area is 132 Å². The molecular weight excluding hydrogens is 276 g/mol. The van der Waals surface area contributed by atoms with E-state index in [0.29, 0.717) is 36.9 Å². The molecule has 0 spiro atoms. The van der Waals surface area contributed by atoms with Crippen molar-refractivity contribution < 1.29 is 14.7 Å². The lowest BCUT2D eigenvalue weighted by atomic mass is 9.46. The van der Waals surface area contributed by atoms with Crippen molar-refractivity contribution in [2.45, 2.75) is 64.9 Å². The molecule has 0 amide bonds. The number of allylic oxidation sites excluding steroid dienone is 1. The van der Waals surface area contributed by atoms with E-state index in [9.17, 15) is 14.7 Å². The minimum absolute atomic E-state index is 0.0385. The van der Waals surface area contributed by atoms with Crippen molar-refractivity contribution in [2.24, 2.45) is 28.6 Å². The highest BCUT2D eigenvalue weighted by atomic mass is 16.3. The number of ketones is 2. The van der Waals surface area contributed by atoms with Crippen LogP contribution in [0.2, 0.25) is 0 Å². The number of carbonyl (C=O) groups is 2. The Morgan fingerprint density at radius 2 is 1.86 bits per heavy atom. The summed E-state index contributed by atoms with van der Waals surface area (Å²) < 4.78 is 0. The van der Waals surface area contributed by atoms with Crippen LogP contribution >= 0.6 is 0 Å². The number of rotatable bonds is 0. The standard InChI is InChI=1S/C19H26O3/c1-18-8-7-12(20)9-11(18)3-4-13-14-5-6-16(22)19(14,2)10-15(21)17(13)18/h9,13-15,17,21H,3-8,10H2,1-2H3/t13-,14?,15+,17?,18?,19-/m0/s1. The van der Waals surface area contributed by atoms with Crippen molar-refractivity contribution in [3.63, 3.8) is 0 Å². The van der Waals surface area contributed by atoms with E-state index in [1.807, 2.05) is 6.08 Å². The first-order valence-corrected chi connectivity index (χ1v) is 8.81. The average Bonchev–Trinajstić information content (AvgIpc) is 2.75. The first kappa shape index (κ1) is 14.6. The Bertz CT molecular complexity index is 577. The number of fused-ring (bicyclic) bond motifs is 5. The van der Waals surface area contributed by atoms with Gasteiger partial charge in [0.1, 0.15) is 5.78 Å². The lowest BCUT2D eigenvalue weighted by molar-refractivity contribution is -0.147. The zero-order chi connectivity index (χ0) is 15.7. The van der Waals surface area contributed by atoms with Crippen molar-refractivity contribution in [1.29, 1.82) is 0 Å². The Kier molecular flexibility index (Phi) is 3.01. The van der Waals surface area contributed by atoms with Gasteiger partial charge in [0.15, 0.2) is 5.78 Å². The third kappa shape index (κ3) is 1.72. The molecule has 120 valence electrons. The average molecular weight is 302 g/mol. The molecular formula is C19H26O3. The lowest BCUT2D eigenvalue weighted by Gasteiger charge is -2.58. The molecule has 4 aliphatic carbocycles. The second kappa shape index (κ2) is 4.53. The van der Waals surface area contributed by atoms with E-state index in [2.05, 4.69) is 13.8 Å². The van der Waals surface area contributed by atoms with Crippen LogP contribution in [-0.4, -0.2) is 22.8 Å². The van der Waals surface area contributed by atoms with Gasteiger partial charge in [-0.05, 0) is 61.3 Å². The fraction of sp³-hybridized carbons (Fsp3) is 0.789. The topological polar surface area (TPSA) is 54.4 Å². The Morgan fingerprint density at radius 1 is 1.09 bits per heavy atom. The molecule has 6 atom stereocenters. The molecule has 3 heteroatoms. The van der Waals surface area contributed by atoms with Crippen LogP contribution in [0.15, 0.2) is 11.6 Å². The van der Waals surface area contributed by atoms with Gasteiger partial charge in [0.05, 0.1) is 6.10 Å². The van der Waals surface area contributed by atoms with Crippen molar-refractivity contribution in [3.05, 3.63) is 11.6 Å². The van der Waals surface area contributed by atoms with Crippen LogP contribution in [0.3, 0.4) is 0 Å². The van der Waals surface area contributed by atoms with E-state index in [4.69, 9.17) is 0 Å². The number of hydrogen-bond donors (Lipinski definition) is 1. The molecule has 0 aliphatic heterocycles. The molecule has 3 saturated carbocycles. The minimum atomic E-state index is -0.407. The molecule has 0 saturated heterocycles. The van der Waals surface area contributed by atoms with E-state index in [1.54, 1.807) is 0 Å². The van der Waals surface area contributed by atoms with Crippen molar-refractivity contribution in [2.75, 3.05) is 0 Å². The molecule has 3 unspecified atom stereocenters. The SMILES string of the molecule is CC12CCC(=O)C=C1CC[C@@H]1C2[C@H](O)C[C@]2(C)C(=O)CCC12. The Balaban J connectivity index is 1.75. The molecule has 0 heterocycles. The molecule has 0 aromatic carbocycles. The number of Topliss-reactive ketones (excluding diaryl/α,β-unsaturated/α-hetero) is 1. The van der Waals surface area contributed by atoms with Gasteiger partial charge < -0.3 is 5.11 Å². The summed E-state index contributed by atoms with van der Waals surface area (Å²) >= 11 is 0. The maximum absolute atomic E-state index is 12.4. The highest BCUT2D eigenvalue weighted by Crippen LogP contribution is 2.64. The van der Waals surface area contributed by atoms with Gasteiger partial charge in [0.2, 0.25) is 0 Å². The van der Waals surface area contributed by atoms with Crippen molar-refractivity contribution in [3.8, 4) is 0 Å². The lowest BCUT2D eigenvalue weighted by Crippen LogP contribution is -2.56. The number of hydrogen-bond acceptors (Lipinski definition) is 3. The summed E-state index contributed by atoms with van der Waals surface area (Å²) in [5.41, 5.74) is 0.920. The third-order valence-electron chi connectivity index (χ3n) is 7.61. The van der Waals surface area contributed by atoms with E-state index < -0.39 is 6.10 Å². The third-order valence-corrected chi connectivity index (χ3v) is 7.61. The largest absolute Gasteiger partial charge is 0.393 e. The van der Waals surface area contributed by atoms with E-state index in [-0.39, 0.29) is 22.5 Å². The van der Waals surface area contributed by atoms with Crippen molar-refractivity contribution >= 4 is 11.6 Å². The van der Waals surface area contributed by atoms with Gasteiger partial charge in [0.25, 0.3) is 0 Å². The molecule has 0 radical (unpaired) electrons. The van der Waals surface area contributed by atoms with Gasteiger partial charge in [-0.1, -0.05) is 19.4 Å². The summed E-state index contributed by atoms with van der Waals surface area (Å²) in [4.78, 5) is 24.2. The molecule has 4 rings (SSSR count). The van der Waals surface area contributed by atoms with E-state index in [1.165, 1.54) is 5.57 Å². The smallest absolute Gasteiger partial charge is 0.155 e. The van der Waals surface area contributed by atoms with Crippen LogP contribution in [0, 0.1) is 28.6 Å². The molecule has 0 bridgehead atoms. The summed E-state index contributed by atoms with van der Waals surface area (Å²) in [5, 5.41) is 10.9. The molecule has 0 aromatic rings. The highest BCUT2D eigenvalue weighted by molar-refractivity contribution is 5.91. The first-order chi connectivity index (χ1) is 10.4. The van der Waals surface area contributed by atoms with Crippen molar-refractivity contribution in [1.82, 2.24) is 0 Å². The first-order valence-electron chi connectivity index (χ1n) is 8.81. The van der Waals surface area contributed by atoms with Gasteiger partial charge in [-0.15, -0.1) is 0 Å². The Morgan fingerprint density at radius 3 is 2.64 bits per heavy atom. The molecule has 3 fully saturated rings. The fourth-order valence-electron chi connectivity index (χ4n) is 6.46. The van der Waals surface area contributed by atoms with Crippen LogP contribution in [0.4, 0.5) is 0 Å². The summed E-state index contributed by atoms with van der Waals surface area (Å²) in [6.07, 6.45) is 7.24. The summed E-state index contributed by atoms with van der Waals surface area (Å²) in [5.74, 6) is 1.71. The van der Waals surface area contributed by atoms with E-state index in [0.717, 1.165) is 25.7 Å². The van der Waals surface area contributed by atoms with Crippen LogP contribution in [0.1, 0.15) is 58.8 Å². The van der Waals surface area contributed by atoms with Gasteiger partial charge in [-0.25, -0.2) is 0 Å². The van der Waals surface area contributed by atoms with Crippen LogP contribution in [-0.2, 0) is 9.59 Å². The molecule has 1 N–H and O–H groups in total. The number of aliphatic hydroxyl groups is 1. The highest BCUT2D eigenvalue weighted by Gasteiger charge is 2.61. The monoisotopic (exact) mass is 302 g/mol. The van der Waals surface area contributed by atoms with Gasteiger partial charge in [-0.2, -0.15) is 0 Å². The minimum Gasteiger partial charge on any atom is -0.393 e. The second-order valence-electron chi connectivity index (χ2n) is 8.54. The molecule has 0 aromatic heterocycles. The van der Waals surface area contributed by atoms with Crippen LogP contribution < -0.4 is 0 Å². The summed E-state index contributed by atoms with van der Waals surface area (Å²) in [6.45, 7) is 4.34. The predicted octanol–water partition coefficient (Wildman–Crippen LogP) is 3.06. The quantitative estimate of drug-likeness (QED) is 0.748. The summed E-state index contributed by atoms with van der Waals surface area (Å²) in [7, 11) is 0. The fourth-order valence-corrected chi connectivity index (χ4v) is 6.46.